The molecule has 0 radical (unpaired) electrons. The van der Waals surface area contributed by atoms with Gasteiger partial charge in [0.05, 0.1) is 20.0 Å². The molecule has 0 aliphatic rings. The van der Waals surface area contributed by atoms with Gasteiger partial charge < -0.3 is 14.8 Å². The monoisotopic (exact) mass is 496 g/mol. The SMILES string of the molecule is CCn1c(SCC(=O)Nc2ccc(OC)c(OC)c2)nc2c(-c3ccc(C)cc3)nsc2c1=O. The summed E-state index contributed by atoms with van der Waals surface area (Å²) in [5, 5.41) is 3.33. The number of carbonyl (C=O) groups excluding carboxylic acids is 1. The summed E-state index contributed by atoms with van der Waals surface area (Å²) < 4.78 is 17.1. The van der Waals surface area contributed by atoms with Crippen molar-refractivity contribution in [1.29, 1.82) is 0 Å². The summed E-state index contributed by atoms with van der Waals surface area (Å²) in [6.07, 6.45) is 0. The van der Waals surface area contributed by atoms with Crippen molar-refractivity contribution in [2.75, 3.05) is 25.3 Å². The minimum atomic E-state index is -0.226. The molecule has 0 spiro atoms. The van der Waals surface area contributed by atoms with Crippen molar-refractivity contribution in [3.05, 3.63) is 58.4 Å². The standard InChI is InChI=1S/C24H24N4O4S2/c1-5-28-23(30)22-21(20(27-34-22)15-8-6-14(2)7-9-15)26-24(28)33-13-19(29)25-16-10-11-17(31-3)18(12-16)32-4/h6-12H,5,13H2,1-4H3,(H,25,29). The normalized spacial score (nSPS) is 10.9. The van der Waals surface area contributed by atoms with Crippen LogP contribution in [0.15, 0.2) is 52.4 Å². The first-order valence-electron chi connectivity index (χ1n) is 10.6. The first-order valence-corrected chi connectivity index (χ1v) is 12.3. The molecule has 0 saturated carbocycles. The van der Waals surface area contributed by atoms with E-state index in [0.717, 1.165) is 22.7 Å². The molecule has 0 aliphatic carbocycles. The fourth-order valence-electron chi connectivity index (χ4n) is 3.43. The van der Waals surface area contributed by atoms with Crippen LogP contribution in [-0.2, 0) is 11.3 Å². The van der Waals surface area contributed by atoms with Gasteiger partial charge >= 0.3 is 0 Å². The van der Waals surface area contributed by atoms with E-state index in [-0.39, 0.29) is 17.2 Å². The number of benzene rings is 2. The van der Waals surface area contributed by atoms with Crippen molar-refractivity contribution >= 4 is 45.1 Å². The number of hydrogen-bond donors (Lipinski definition) is 1. The Hall–Kier alpha value is -3.37. The zero-order valence-electron chi connectivity index (χ0n) is 19.2. The van der Waals surface area contributed by atoms with E-state index in [0.29, 0.717) is 44.8 Å². The number of anilines is 1. The largest absolute Gasteiger partial charge is 0.493 e. The number of ether oxygens (including phenoxy) is 2. The topological polar surface area (TPSA) is 95.3 Å². The van der Waals surface area contributed by atoms with Crippen LogP contribution in [-0.4, -0.2) is 39.8 Å². The van der Waals surface area contributed by atoms with Crippen LogP contribution in [0.1, 0.15) is 12.5 Å². The molecule has 34 heavy (non-hydrogen) atoms. The predicted molar refractivity (Wildman–Crippen MR) is 136 cm³/mol. The summed E-state index contributed by atoms with van der Waals surface area (Å²) in [7, 11) is 3.09. The van der Waals surface area contributed by atoms with Crippen LogP contribution in [0.5, 0.6) is 11.5 Å². The number of rotatable bonds is 8. The summed E-state index contributed by atoms with van der Waals surface area (Å²) in [4.78, 5) is 30.5. The fraction of sp³-hybridized carbons (Fsp3) is 0.250. The Labute approximate surface area is 205 Å². The second-order valence-corrected chi connectivity index (χ2v) is 9.14. The Morgan fingerprint density at radius 3 is 2.53 bits per heavy atom. The van der Waals surface area contributed by atoms with E-state index in [2.05, 4.69) is 9.69 Å². The van der Waals surface area contributed by atoms with Crippen LogP contribution >= 0.6 is 23.3 Å². The lowest BCUT2D eigenvalue weighted by molar-refractivity contribution is -0.113. The molecule has 2 aromatic heterocycles. The van der Waals surface area contributed by atoms with Gasteiger partial charge in [-0.3, -0.25) is 14.2 Å². The molecule has 0 bridgehead atoms. The molecular weight excluding hydrogens is 472 g/mol. The lowest BCUT2D eigenvalue weighted by Gasteiger charge is -2.12. The van der Waals surface area contributed by atoms with Crippen LogP contribution in [0, 0.1) is 6.92 Å². The highest BCUT2D eigenvalue weighted by Crippen LogP contribution is 2.31. The fourth-order valence-corrected chi connectivity index (χ4v) is 5.07. The van der Waals surface area contributed by atoms with Crippen molar-refractivity contribution in [1.82, 2.24) is 13.9 Å². The molecule has 8 nitrogen and oxygen atoms in total. The average Bonchev–Trinajstić information content (AvgIpc) is 3.27. The lowest BCUT2D eigenvalue weighted by atomic mass is 10.1. The molecular formula is C24H24N4O4S2. The zero-order chi connectivity index (χ0) is 24.2. The molecule has 2 heterocycles. The Kier molecular flexibility index (Phi) is 7.18. The van der Waals surface area contributed by atoms with Gasteiger partial charge in [-0.25, -0.2) is 4.98 Å². The molecule has 1 N–H and O–H groups in total. The van der Waals surface area contributed by atoms with E-state index in [4.69, 9.17) is 14.5 Å². The average molecular weight is 497 g/mol. The molecule has 0 aliphatic heterocycles. The quantitative estimate of drug-likeness (QED) is 0.281. The lowest BCUT2D eigenvalue weighted by Crippen LogP contribution is -2.22. The van der Waals surface area contributed by atoms with E-state index in [1.807, 2.05) is 38.1 Å². The van der Waals surface area contributed by atoms with Gasteiger partial charge in [0.25, 0.3) is 5.56 Å². The summed E-state index contributed by atoms with van der Waals surface area (Å²) in [6, 6.07) is 13.1. The molecule has 4 rings (SSSR count). The van der Waals surface area contributed by atoms with Crippen molar-refractivity contribution in [2.45, 2.75) is 25.5 Å². The highest BCUT2D eigenvalue weighted by molar-refractivity contribution is 7.99. The van der Waals surface area contributed by atoms with Gasteiger partial charge in [-0.2, -0.15) is 4.37 Å². The number of carbonyl (C=O) groups is 1. The van der Waals surface area contributed by atoms with Gasteiger partial charge in [-0.1, -0.05) is 41.6 Å². The number of fused-ring (bicyclic) bond motifs is 1. The number of hydrogen-bond acceptors (Lipinski definition) is 8. The van der Waals surface area contributed by atoms with Gasteiger partial charge in [0.15, 0.2) is 16.7 Å². The molecule has 10 heteroatoms. The van der Waals surface area contributed by atoms with Crippen LogP contribution in [0.4, 0.5) is 5.69 Å². The number of amides is 1. The summed E-state index contributed by atoms with van der Waals surface area (Å²) in [6.45, 7) is 4.34. The van der Waals surface area contributed by atoms with Crippen LogP contribution in [0.25, 0.3) is 21.5 Å². The molecule has 0 atom stereocenters. The summed E-state index contributed by atoms with van der Waals surface area (Å²) >= 11 is 2.37. The van der Waals surface area contributed by atoms with E-state index < -0.39 is 0 Å². The van der Waals surface area contributed by atoms with E-state index in [9.17, 15) is 9.59 Å². The molecule has 2 aromatic carbocycles. The Morgan fingerprint density at radius 2 is 1.85 bits per heavy atom. The molecule has 4 aromatic rings. The molecule has 0 fully saturated rings. The van der Waals surface area contributed by atoms with E-state index in [1.165, 1.54) is 18.9 Å². The number of aryl methyl sites for hydroxylation is 1. The predicted octanol–water partition coefficient (Wildman–Crippen LogP) is 4.60. The zero-order valence-corrected chi connectivity index (χ0v) is 20.9. The van der Waals surface area contributed by atoms with Gasteiger partial charge in [0.2, 0.25) is 5.91 Å². The Balaban J connectivity index is 1.58. The van der Waals surface area contributed by atoms with E-state index >= 15 is 0 Å². The van der Waals surface area contributed by atoms with Crippen molar-refractivity contribution in [2.24, 2.45) is 0 Å². The van der Waals surface area contributed by atoms with Gasteiger partial charge in [0.1, 0.15) is 15.9 Å². The maximum Gasteiger partial charge on any atom is 0.273 e. The third-order valence-corrected chi connectivity index (χ3v) is 6.99. The van der Waals surface area contributed by atoms with Crippen molar-refractivity contribution in [3.63, 3.8) is 0 Å². The molecule has 176 valence electrons. The number of nitrogens with zero attached hydrogens (tertiary/aromatic N) is 3. The number of methoxy groups -OCH3 is 2. The number of thioether (sulfide) groups is 1. The maximum atomic E-state index is 13.1. The number of nitrogens with one attached hydrogen (secondary N) is 1. The first kappa shape index (κ1) is 23.8. The smallest absolute Gasteiger partial charge is 0.273 e. The number of aromatic nitrogens is 3. The Bertz CT molecular complexity index is 1400. The summed E-state index contributed by atoms with van der Waals surface area (Å²) in [5.74, 6) is 0.960. The maximum absolute atomic E-state index is 13.1. The minimum Gasteiger partial charge on any atom is -0.493 e. The first-order chi connectivity index (χ1) is 16.4. The van der Waals surface area contributed by atoms with Crippen molar-refractivity contribution in [3.8, 4) is 22.8 Å². The third kappa shape index (κ3) is 4.78. The Morgan fingerprint density at radius 1 is 1.12 bits per heavy atom. The van der Waals surface area contributed by atoms with Crippen molar-refractivity contribution < 1.29 is 14.3 Å². The highest BCUT2D eigenvalue weighted by Gasteiger charge is 2.19. The third-order valence-electron chi connectivity index (χ3n) is 5.19. The van der Waals surface area contributed by atoms with Gasteiger partial charge in [-0.05, 0) is 37.5 Å². The van der Waals surface area contributed by atoms with Gasteiger partial charge in [-0.15, -0.1) is 0 Å². The highest BCUT2D eigenvalue weighted by atomic mass is 32.2. The van der Waals surface area contributed by atoms with Crippen LogP contribution in [0.2, 0.25) is 0 Å². The second kappa shape index (κ2) is 10.3. The van der Waals surface area contributed by atoms with Gasteiger partial charge in [0, 0.05) is 23.9 Å². The van der Waals surface area contributed by atoms with E-state index in [1.54, 1.807) is 29.9 Å². The minimum absolute atomic E-state index is 0.0870. The second-order valence-electron chi connectivity index (χ2n) is 7.43. The van der Waals surface area contributed by atoms with Crippen LogP contribution in [0.3, 0.4) is 0 Å². The van der Waals surface area contributed by atoms with Crippen LogP contribution < -0.4 is 20.3 Å². The molecule has 0 saturated heterocycles. The molecule has 0 unspecified atom stereocenters. The molecule has 1 amide bonds. The summed E-state index contributed by atoms with van der Waals surface area (Å²) in [5.41, 5.74) is 3.72.